The Morgan fingerprint density at radius 3 is 1.45 bits per heavy atom. The van der Waals surface area contributed by atoms with Gasteiger partial charge in [0.1, 0.15) is 9.79 Å². The largest absolute Gasteiger partial charge is 0.398 e. The van der Waals surface area contributed by atoms with Gasteiger partial charge >= 0.3 is 0 Å². The molecule has 0 fully saturated rings. The van der Waals surface area contributed by atoms with Gasteiger partial charge in [0.25, 0.3) is 11.4 Å². The van der Waals surface area contributed by atoms with Crippen LogP contribution in [-0.4, -0.2) is 9.85 Å². The Hall–Kier alpha value is -2.46. The normalized spacial score (nSPS) is 10.4. The van der Waals surface area contributed by atoms with Crippen molar-refractivity contribution in [3.63, 3.8) is 0 Å². The maximum atomic E-state index is 11.0. The van der Waals surface area contributed by atoms with Gasteiger partial charge in [0.15, 0.2) is 0 Å². The Balaban J connectivity index is 2.36. The van der Waals surface area contributed by atoms with Gasteiger partial charge < -0.3 is 11.5 Å². The minimum Gasteiger partial charge on any atom is -0.398 e. The molecule has 0 unspecified atom stereocenters. The molecule has 4 N–H and O–H groups in total. The molecule has 0 bridgehead atoms. The molecule has 0 spiro atoms. The summed E-state index contributed by atoms with van der Waals surface area (Å²) in [7, 11) is 1.93. The van der Waals surface area contributed by atoms with Crippen LogP contribution in [0.25, 0.3) is 0 Å². The standard InChI is InChI=1S/C12H10N4O4S2/c13-7-3-1-5-9(15(17)18)11(7)21-22-12-8(14)4-2-6-10(12)16(19)20/h1-6H,13-14H2. The van der Waals surface area contributed by atoms with Crippen LogP contribution in [0.1, 0.15) is 0 Å². The highest BCUT2D eigenvalue weighted by Crippen LogP contribution is 2.48. The Kier molecular flexibility index (Phi) is 4.73. The second-order valence-corrected chi connectivity index (χ2v) is 6.22. The van der Waals surface area contributed by atoms with E-state index in [1.165, 1.54) is 36.4 Å². The predicted octanol–water partition coefficient (Wildman–Crippen LogP) is 3.47. The van der Waals surface area contributed by atoms with E-state index in [2.05, 4.69) is 0 Å². The molecule has 0 saturated carbocycles. The lowest BCUT2D eigenvalue weighted by atomic mass is 10.3. The summed E-state index contributed by atoms with van der Waals surface area (Å²) in [5.74, 6) is 0. The SMILES string of the molecule is Nc1cccc([N+](=O)[O-])c1SSc1c(N)cccc1[N+](=O)[O-]. The predicted molar refractivity (Wildman–Crippen MR) is 86.7 cm³/mol. The number of hydrogen-bond donors (Lipinski definition) is 2. The van der Waals surface area contributed by atoms with Crippen molar-refractivity contribution < 1.29 is 9.85 Å². The van der Waals surface area contributed by atoms with Gasteiger partial charge in [0, 0.05) is 12.1 Å². The fourth-order valence-corrected chi connectivity index (χ4v) is 4.18. The first-order chi connectivity index (χ1) is 10.4. The second-order valence-electron chi connectivity index (χ2n) is 4.07. The monoisotopic (exact) mass is 338 g/mol. The molecule has 0 aliphatic heterocycles. The zero-order valence-electron chi connectivity index (χ0n) is 11.0. The minimum atomic E-state index is -0.554. The van der Waals surface area contributed by atoms with Gasteiger partial charge in [-0.2, -0.15) is 0 Å². The van der Waals surface area contributed by atoms with Crippen molar-refractivity contribution in [1.29, 1.82) is 0 Å². The molecular formula is C12H10N4O4S2. The summed E-state index contributed by atoms with van der Waals surface area (Å²) < 4.78 is 0. The molecule has 0 heterocycles. The summed E-state index contributed by atoms with van der Waals surface area (Å²) in [5.41, 5.74) is 11.6. The summed E-state index contributed by atoms with van der Waals surface area (Å²) in [4.78, 5) is 21.4. The molecular weight excluding hydrogens is 328 g/mol. The molecule has 0 atom stereocenters. The average molecular weight is 338 g/mol. The van der Waals surface area contributed by atoms with E-state index in [-0.39, 0.29) is 32.5 Å². The summed E-state index contributed by atoms with van der Waals surface area (Å²) in [6.45, 7) is 0. The van der Waals surface area contributed by atoms with Crippen LogP contribution >= 0.6 is 21.6 Å². The molecule has 2 aromatic rings. The van der Waals surface area contributed by atoms with Crippen molar-refractivity contribution in [3.8, 4) is 0 Å². The highest BCUT2D eigenvalue weighted by atomic mass is 33.1. The third kappa shape index (κ3) is 3.23. The van der Waals surface area contributed by atoms with Crippen molar-refractivity contribution in [1.82, 2.24) is 0 Å². The molecule has 2 rings (SSSR count). The number of nitro benzene ring substituents is 2. The van der Waals surface area contributed by atoms with Crippen molar-refractivity contribution in [3.05, 3.63) is 56.6 Å². The summed E-state index contributed by atoms with van der Waals surface area (Å²) in [6.07, 6.45) is 0. The van der Waals surface area contributed by atoms with Crippen LogP contribution in [0, 0.1) is 20.2 Å². The van der Waals surface area contributed by atoms with E-state index in [1.807, 2.05) is 0 Å². The fraction of sp³-hybridized carbons (Fsp3) is 0. The lowest BCUT2D eigenvalue weighted by Gasteiger charge is -2.07. The highest BCUT2D eigenvalue weighted by Gasteiger charge is 2.21. The zero-order chi connectivity index (χ0) is 16.3. The molecule has 22 heavy (non-hydrogen) atoms. The van der Waals surface area contributed by atoms with E-state index >= 15 is 0 Å². The molecule has 0 aliphatic rings. The van der Waals surface area contributed by atoms with Gasteiger partial charge in [0.05, 0.1) is 21.2 Å². The van der Waals surface area contributed by atoms with Gasteiger partial charge in [-0.25, -0.2) is 0 Å². The van der Waals surface area contributed by atoms with Crippen LogP contribution in [0.2, 0.25) is 0 Å². The third-order valence-corrected chi connectivity index (χ3v) is 5.21. The Labute approximate surface area is 132 Å². The number of rotatable bonds is 5. The fourth-order valence-electron chi connectivity index (χ4n) is 1.64. The van der Waals surface area contributed by atoms with Crippen LogP contribution in [0.5, 0.6) is 0 Å². The van der Waals surface area contributed by atoms with E-state index < -0.39 is 9.85 Å². The molecule has 0 radical (unpaired) electrons. The highest BCUT2D eigenvalue weighted by molar-refractivity contribution is 8.76. The van der Waals surface area contributed by atoms with Gasteiger partial charge in [-0.1, -0.05) is 12.1 Å². The molecule has 114 valence electrons. The number of nitro groups is 2. The number of hydrogen-bond acceptors (Lipinski definition) is 8. The first-order valence-corrected chi connectivity index (χ1v) is 7.97. The quantitative estimate of drug-likeness (QED) is 0.365. The van der Waals surface area contributed by atoms with Crippen molar-refractivity contribution >= 4 is 44.3 Å². The van der Waals surface area contributed by atoms with E-state index in [0.29, 0.717) is 0 Å². The number of nitrogen functional groups attached to an aromatic ring is 2. The molecule has 0 aromatic heterocycles. The lowest BCUT2D eigenvalue weighted by molar-refractivity contribution is -0.387. The number of nitrogens with two attached hydrogens (primary N) is 2. The van der Waals surface area contributed by atoms with Gasteiger partial charge in [-0.05, 0) is 33.7 Å². The van der Waals surface area contributed by atoms with E-state index in [9.17, 15) is 20.2 Å². The topological polar surface area (TPSA) is 138 Å². The summed E-state index contributed by atoms with van der Waals surface area (Å²) in [6, 6.07) is 8.64. The van der Waals surface area contributed by atoms with E-state index in [0.717, 1.165) is 21.6 Å². The zero-order valence-corrected chi connectivity index (χ0v) is 12.6. The molecule has 0 aliphatic carbocycles. The number of nitrogens with zero attached hydrogens (tertiary/aromatic N) is 2. The minimum absolute atomic E-state index is 0.158. The number of anilines is 2. The molecule has 10 heteroatoms. The maximum absolute atomic E-state index is 11.0. The summed E-state index contributed by atoms with van der Waals surface area (Å²) in [5, 5.41) is 22.0. The maximum Gasteiger partial charge on any atom is 0.285 e. The first kappa shape index (κ1) is 15.9. The van der Waals surface area contributed by atoms with Gasteiger partial charge in [-0.15, -0.1) is 0 Å². The molecule has 2 aromatic carbocycles. The van der Waals surface area contributed by atoms with Crippen molar-refractivity contribution in [2.75, 3.05) is 11.5 Å². The summed E-state index contributed by atoms with van der Waals surface area (Å²) >= 11 is 0. The smallest absolute Gasteiger partial charge is 0.285 e. The second kappa shape index (κ2) is 6.54. The van der Waals surface area contributed by atoms with Crippen LogP contribution in [0.3, 0.4) is 0 Å². The van der Waals surface area contributed by atoms with Crippen LogP contribution in [0.4, 0.5) is 22.7 Å². The molecule has 8 nitrogen and oxygen atoms in total. The van der Waals surface area contributed by atoms with E-state index in [4.69, 9.17) is 11.5 Å². The Bertz CT molecular complexity index is 690. The average Bonchev–Trinajstić information content (AvgIpc) is 2.46. The third-order valence-electron chi connectivity index (χ3n) is 2.65. The van der Waals surface area contributed by atoms with Crippen LogP contribution < -0.4 is 11.5 Å². The van der Waals surface area contributed by atoms with Gasteiger partial charge in [-0.3, -0.25) is 20.2 Å². The van der Waals surface area contributed by atoms with Crippen molar-refractivity contribution in [2.45, 2.75) is 9.79 Å². The van der Waals surface area contributed by atoms with Crippen LogP contribution in [0.15, 0.2) is 46.2 Å². The first-order valence-electron chi connectivity index (χ1n) is 5.82. The number of benzene rings is 2. The van der Waals surface area contributed by atoms with Gasteiger partial charge in [0.2, 0.25) is 0 Å². The van der Waals surface area contributed by atoms with E-state index in [1.54, 1.807) is 0 Å². The van der Waals surface area contributed by atoms with Crippen molar-refractivity contribution in [2.24, 2.45) is 0 Å². The van der Waals surface area contributed by atoms with Crippen LogP contribution in [-0.2, 0) is 0 Å². The lowest BCUT2D eigenvalue weighted by Crippen LogP contribution is -1.96. The Morgan fingerprint density at radius 1 is 0.773 bits per heavy atom. The molecule has 0 saturated heterocycles. The molecule has 0 amide bonds. The Morgan fingerprint density at radius 2 is 1.14 bits per heavy atom.